The molecule has 1 saturated carbocycles. The van der Waals surface area contributed by atoms with E-state index in [4.69, 9.17) is 0 Å². The third-order valence-corrected chi connectivity index (χ3v) is 5.58. The molecule has 1 aromatic rings. The molecule has 0 amide bonds. The fraction of sp³-hybridized carbons (Fsp3) is 0.714. The van der Waals surface area contributed by atoms with Crippen LogP contribution < -0.4 is 4.90 Å². The highest BCUT2D eigenvalue weighted by Gasteiger charge is 2.35. The molecule has 0 N–H and O–H groups in total. The summed E-state index contributed by atoms with van der Waals surface area (Å²) in [5.41, 5.74) is 0.538. The number of hydrogen-bond donors (Lipinski definition) is 0. The van der Waals surface area contributed by atoms with Crippen LogP contribution in [-0.4, -0.2) is 33.6 Å². The summed E-state index contributed by atoms with van der Waals surface area (Å²) in [7, 11) is 0. The van der Waals surface area contributed by atoms with Gasteiger partial charge in [0, 0.05) is 23.6 Å². The van der Waals surface area contributed by atoms with Crippen LogP contribution in [0.25, 0.3) is 0 Å². The average Bonchev–Trinajstić information content (AvgIpc) is 2.47. The molecule has 104 valence electrons. The SMILES string of the molecule is CCc1ncnc(N2CCSC3CCCCC32)c1F. The fourth-order valence-electron chi connectivity index (χ4n) is 3.20. The number of halogens is 1. The van der Waals surface area contributed by atoms with Crippen LogP contribution >= 0.6 is 11.8 Å². The number of thioether (sulfide) groups is 1. The maximum absolute atomic E-state index is 14.4. The van der Waals surface area contributed by atoms with Gasteiger partial charge < -0.3 is 4.90 Å². The lowest BCUT2D eigenvalue weighted by molar-refractivity contribution is 0.415. The summed E-state index contributed by atoms with van der Waals surface area (Å²) in [5, 5.41) is 0.655. The molecule has 0 spiro atoms. The van der Waals surface area contributed by atoms with E-state index in [0.29, 0.717) is 29.2 Å². The first-order valence-electron chi connectivity index (χ1n) is 7.19. The Morgan fingerprint density at radius 1 is 1.37 bits per heavy atom. The van der Waals surface area contributed by atoms with E-state index in [9.17, 15) is 4.39 Å². The summed E-state index contributed by atoms with van der Waals surface area (Å²) < 4.78 is 14.4. The van der Waals surface area contributed by atoms with Gasteiger partial charge in [-0.1, -0.05) is 19.8 Å². The van der Waals surface area contributed by atoms with Crippen molar-refractivity contribution >= 4 is 17.6 Å². The minimum Gasteiger partial charge on any atom is -0.349 e. The van der Waals surface area contributed by atoms with Crippen LogP contribution in [0.4, 0.5) is 10.2 Å². The van der Waals surface area contributed by atoms with E-state index in [1.807, 2.05) is 6.92 Å². The lowest BCUT2D eigenvalue weighted by atomic mass is 9.93. The summed E-state index contributed by atoms with van der Waals surface area (Å²) in [6, 6.07) is 0.460. The summed E-state index contributed by atoms with van der Waals surface area (Å²) in [6.07, 6.45) is 7.14. The first-order chi connectivity index (χ1) is 9.31. The molecule has 2 unspecified atom stereocenters. The largest absolute Gasteiger partial charge is 0.349 e. The zero-order valence-corrected chi connectivity index (χ0v) is 12.1. The van der Waals surface area contributed by atoms with Gasteiger partial charge in [0.2, 0.25) is 0 Å². The van der Waals surface area contributed by atoms with Gasteiger partial charge in [0.05, 0.1) is 5.69 Å². The highest BCUT2D eigenvalue weighted by Crippen LogP contribution is 2.38. The van der Waals surface area contributed by atoms with Crippen LogP contribution in [-0.2, 0) is 6.42 Å². The summed E-state index contributed by atoms with van der Waals surface area (Å²) in [5.74, 6) is 1.40. The van der Waals surface area contributed by atoms with Crippen molar-refractivity contribution < 1.29 is 4.39 Å². The van der Waals surface area contributed by atoms with Crippen molar-refractivity contribution in [3.63, 3.8) is 0 Å². The molecule has 2 heterocycles. The third kappa shape index (κ3) is 2.45. The van der Waals surface area contributed by atoms with Crippen molar-refractivity contribution in [3.8, 4) is 0 Å². The normalized spacial score (nSPS) is 27.2. The van der Waals surface area contributed by atoms with Gasteiger partial charge in [-0.3, -0.25) is 0 Å². The van der Waals surface area contributed by atoms with Gasteiger partial charge in [-0.2, -0.15) is 11.8 Å². The molecule has 3 nitrogen and oxygen atoms in total. The van der Waals surface area contributed by atoms with Gasteiger partial charge >= 0.3 is 0 Å². The van der Waals surface area contributed by atoms with E-state index in [-0.39, 0.29) is 5.82 Å². The fourth-order valence-corrected chi connectivity index (χ4v) is 4.65. The average molecular weight is 281 g/mol. The van der Waals surface area contributed by atoms with Crippen molar-refractivity contribution in [2.45, 2.75) is 50.3 Å². The van der Waals surface area contributed by atoms with E-state index in [2.05, 4.69) is 26.6 Å². The second-order valence-corrected chi connectivity index (χ2v) is 6.61. The van der Waals surface area contributed by atoms with E-state index in [1.54, 1.807) is 0 Å². The van der Waals surface area contributed by atoms with Crippen LogP contribution in [0.1, 0.15) is 38.3 Å². The molecule has 0 bridgehead atoms. The van der Waals surface area contributed by atoms with Crippen molar-refractivity contribution in [1.29, 1.82) is 0 Å². The number of aryl methyl sites for hydroxylation is 1. The Morgan fingerprint density at radius 3 is 3.05 bits per heavy atom. The third-order valence-electron chi connectivity index (χ3n) is 4.18. The smallest absolute Gasteiger partial charge is 0.187 e. The van der Waals surface area contributed by atoms with Crippen molar-refractivity contribution in [3.05, 3.63) is 17.8 Å². The minimum atomic E-state index is -0.207. The van der Waals surface area contributed by atoms with Gasteiger partial charge in [-0.15, -0.1) is 0 Å². The quantitative estimate of drug-likeness (QED) is 0.833. The van der Waals surface area contributed by atoms with Gasteiger partial charge in [-0.25, -0.2) is 14.4 Å². The summed E-state index contributed by atoms with van der Waals surface area (Å²) in [6.45, 7) is 2.84. The minimum absolute atomic E-state index is 0.207. The highest BCUT2D eigenvalue weighted by atomic mass is 32.2. The van der Waals surface area contributed by atoms with Crippen molar-refractivity contribution in [1.82, 2.24) is 9.97 Å². The molecule has 1 aliphatic heterocycles. The van der Waals surface area contributed by atoms with Crippen molar-refractivity contribution in [2.24, 2.45) is 0 Å². The lowest BCUT2D eigenvalue weighted by Crippen LogP contribution is -2.50. The zero-order chi connectivity index (χ0) is 13.2. The topological polar surface area (TPSA) is 29.0 Å². The summed E-state index contributed by atoms with van der Waals surface area (Å²) >= 11 is 2.05. The molecule has 5 heteroatoms. The maximum Gasteiger partial charge on any atom is 0.187 e. The Hall–Kier alpha value is -0.840. The number of nitrogens with zero attached hydrogens (tertiary/aromatic N) is 3. The van der Waals surface area contributed by atoms with E-state index in [0.717, 1.165) is 12.3 Å². The molecule has 1 saturated heterocycles. The van der Waals surface area contributed by atoms with Crippen LogP contribution in [0.3, 0.4) is 0 Å². The predicted octanol–water partition coefficient (Wildman–Crippen LogP) is 3.04. The number of fused-ring (bicyclic) bond motifs is 1. The number of anilines is 1. The Balaban J connectivity index is 1.91. The molecule has 3 rings (SSSR count). The van der Waals surface area contributed by atoms with Crippen LogP contribution in [0, 0.1) is 5.82 Å². The molecule has 2 aliphatic rings. The standard InChI is InChI=1S/C14H20FN3S/c1-2-10-13(15)14(17-9-16-10)18-7-8-19-12-6-4-3-5-11(12)18/h9,11-12H,2-8H2,1H3. The Kier molecular flexibility index (Phi) is 3.91. The van der Waals surface area contributed by atoms with E-state index in [1.165, 1.54) is 32.0 Å². The van der Waals surface area contributed by atoms with Crippen LogP contribution in [0.15, 0.2) is 6.33 Å². The molecule has 2 atom stereocenters. The summed E-state index contributed by atoms with van der Waals surface area (Å²) in [4.78, 5) is 10.5. The van der Waals surface area contributed by atoms with Crippen LogP contribution in [0.5, 0.6) is 0 Å². The second-order valence-electron chi connectivity index (χ2n) is 5.27. The molecule has 19 heavy (non-hydrogen) atoms. The van der Waals surface area contributed by atoms with E-state index >= 15 is 0 Å². The molecular formula is C14H20FN3S. The Morgan fingerprint density at radius 2 is 2.21 bits per heavy atom. The van der Waals surface area contributed by atoms with Gasteiger partial charge in [0.1, 0.15) is 6.33 Å². The molecule has 0 radical (unpaired) electrons. The molecular weight excluding hydrogens is 261 g/mol. The lowest BCUT2D eigenvalue weighted by Gasteiger charge is -2.44. The molecule has 1 aliphatic carbocycles. The first-order valence-corrected chi connectivity index (χ1v) is 8.23. The van der Waals surface area contributed by atoms with Crippen molar-refractivity contribution in [2.75, 3.05) is 17.2 Å². The van der Waals surface area contributed by atoms with Gasteiger partial charge in [-0.05, 0) is 19.3 Å². The second kappa shape index (κ2) is 5.65. The monoisotopic (exact) mass is 281 g/mol. The number of hydrogen-bond acceptors (Lipinski definition) is 4. The Bertz CT molecular complexity index is 452. The first kappa shape index (κ1) is 13.2. The molecule has 0 aromatic carbocycles. The van der Waals surface area contributed by atoms with Gasteiger partial charge in [0.25, 0.3) is 0 Å². The van der Waals surface area contributed by atoms with Crippen LogP contribution in [0.2, 0.25) is 0 Å². The zero-order valence-electron chi connectivity index (χ0n) is 11.3. The van der Waals surface area contributed by atoms with E-state index < -0.39 is 0 Å². The molecule has 1 aromatic heterocycles. The maximum atomic E-state index is 14.4. The predicted molar refractivity (Wildman–Crippen MR) is 77.2 cm³/mol. The molecule has 2 fully saturated rings. The Labute approximate surface area is 118 Å². The van der Waals surface area contributed by atoms with Gasteiger partial charge in [0.15, 0.2) is 11.6 Å². The number of rotatable bonds is 2. The number of aromatic nitrogens is 2. The highest BCUT2D eigenvalue weighted by molar-refractivity contribution is 8.00.